The quantitative estimate of drug-likeness (QED) is 0.699. The number of hydrogen-bond acceptors (Lipinski definition) is 3. The van der Waals surface area contributed by atoms with Crippen LogP contribution in [0.15, 0.2) is 43.0 Å². The molecule has 110 valence electrons. The average molecular weight is 297 g/mol. The normalized spacial score (nSPS) is 9.85. The van der Waals surface area contributed by atoms with Gasteiger partial charge in [0, 0.05) is 18.5 Å². The molecular weight excluding hydrogens is 276 g/mol. The van der Waals surface area contributed by atoms with Gasteiger partial charge in [-0.2, -0.15) is 0 Å². The third-order valence-corrected chi connectivity index (χ3v) is 2.75. The van der Waals surface area contributed by atoms with Crippen molar-refractivity contribution >= 4 is 12.4 Å². The minimum absolute atomic E-state index is 0. The molecule has 0 saturated carbocycles. The Balaban J connectivity index is 0.00000200. The first kappa shape index (κ1) is 16.4. The summed E-state index contributed by atoms with van der Waals surface area (Å²) in [5, 5.41) is 0. The van der Waals surface area contributed by atoms with Gasteiger partial charge in [-0.25, -0.2) is 4.98 Å². The number of nitrogens with zero attached hydrogens (tertiary/aromatic N) is 2. The standard InChI is InChI=1S/C15H20N2O2.ClH/c1-2-3-10-18-14-5-4-6-15(12-14)19-11-9-17-8-7-16-13-17;/h4-8,12-13H,2-3,9-11H2,1H3;1H. The van der Waals surface area contributed by atoms with Gasteiger partial charge in [0.25, 0.3) is 0 Å². The summed E-state index contributed by atoms with van der Waals surface area (Å²) in [7, 11) is 0. The Morgan fingerprint density at radius 3 is 2.55 bits per heavy atom. The fourth-order valence-corrected chi connectivity index (χ4v) is 1.68. The minimum atomic E-state index is 0. The maximum Gasteiger partial charge on any atom is 0.123 e. The number of unbranched alkanes of at least 4 members (excludes halogenated alkanes) is 1. The Hall–Kier alpha value is -1.68. The van der Waals surface area contributed by atoms with Gasteiger partial charge in [0.05, 0.1) is 19.5 Å². The second kappa shape index (κ2) is 9.26. The van der Waals surface area contributed by atoms with E-state index in [4.69, 9.17) is 9.47 Å². The molecule has 0 aliphatic rings. The fourth-order valence-electron chi connectivity index (χ4n) is 1.68. The van der Waals surface area contributed by atoms with Crippen molar-refractivity contribution < 1.29 is 9.47 Å². The number of benzene rings is 1. The largest absolute Gasteiger partial charge is 0.493 e. The van der Waals surface area contributed by atoms with Crippen molar-refractivity contribution in [2.75, 3.05) is 13.2 Å². The first-order valence-electron chi connectivity index (χ1n) is 6.70. The number of hydrogen-bond donors (Lipinski definition) is 0. The fraction of sp³-hybridized carbons (Fsp3) is 0.400. The van der Waals surface area contributed by atoms with Gasteiger partial charge in [-0.1, -0.05) is 19.4 Å². The van der Waals surface area contributed by atoms with Crippen LogP contribution in [0.3, 0.4) is 0 Å². The van der Waals surface area contributed by atoms with Crippen LogP contribution in [0.1, 0.15) is 19.8 Å². The summed E-state index contributed by atoms with van der Waals surface area (Å²) in [6, 6.07) is 7.79. The van der Waals surface area contributed by atoms with Crippen LogP contribution in [0.2, 0.25) is 0 Å². The van der Waals surface area contributed by atoms with Crippen LogP contribution < -0.4 is 9.47 Å². The van der Waals surface area contributed by atoms with Gasteiger partial charge in [0.15, 0.2) is 0 Å². The molecule has 0 radical (unpaired) electrons. The molecule has 0 bridgehead atoms. The van der Waals surface area contributed by atoms with E-state index in [1.807, 2.05) is 35.0 Å². The van der Waals surface area contributed by atoms with E-state index in [2.05, 4.69) is 11.9 Å². The molecule has 2 aromatic rings. The van der Waals surface area contributed by atoms with E-state index in [-0.39, 0.29) is 12.4 Å². The van der Waals surface area contributed by atoms with E-state index in [9.17, 15) is 0 Å². The van der Waals surface area contributed by atoms with Gasteiger partial charge < -0.3 is 14.0 Å². The van der Waals surface area contributed by atoms with E-state index < -0.39 is 0 Å². The SMILES string of the molecule is CCCCOc1cccc(OCCn2ccnc2)c1.Cl. The number of ether oxygens (including phenoxy) is 2. The van der Waals surface area contributed by atoms with Crippen molar-refractivity contribution in [3.63, 3.8) is 0 Å². The van der Waals surface area contributed by atoms with Crippen LogP contribution in [0.5, 0.6) is 11.5 Å². The Bertz CT molecular complexity index is 474. The molecule has 0 fully saturated rings. The molecule has 1 aromatic heterocycles. The number of aromatic nitrogens is 2. The lowest BCUT2D eigenvalue weighted by molar-refractivity contribution is 0.288. The van der Waals surface area contributed by atoms with E-state index in [0.717, 1.165) is 37.5 Å². The average Bonchev–Trinajstić information content (AvgIpc) is 2.93. The molecule has 20 heavy (non-hydrogen) atoms. The molecule has 1 heterocycles. The second-order valence-electron chi connectivity index (χ2n) is 4.33. The predicted molar refractivity (Wildman–Crippen MR) is 81.8 cm³/mol. The van der Waals surface area contributed by atoms with Crippen LogP contribution in [0.4, 0.5) is 0 Å². The number of rotatable bonds is 8. The zero-order chi connectivity index (χ0) is 13.3. The van der Waals surface area contributed by atoms with Crippen LogP contribution in [0.25, 0.3) is 0 Å². The van der Waals surface area contributed by atoms with Gasteiger partial charge >= 0.3 is 0 Å². The summed E-state index contributed by atoms with van der Waals surface area (Å²) in [6.45, 7) is 4.32. The van der Waals surface area contributed by atoms with Crippen molar-refractivity contribution in [1.29, 1.82) is 0 Å². The van der Waals surface area contributed by atoms with E-state index in [0.29, 0.717) is 6.61 Å². The van der Waals surface area contributed by atoms with Crippen LogP contribution >= 0.6 is 12.4 Å². The second-order valence-corrected chi connectivity index (χ2v) is 4.33. The van der Waals surface area contributed by atoms with Gasteiger partial charge in [0.1, 0.15) is 18.1 Å². The molecule has 5 heteroatoms. The molecule has 0 aliphatic heterocycles. The highest BCUT2D eigenvalue weighted by Gasteiger charge is 1.98. The Kier molecular flexibility index (Phi) is 7.58. The molecule has 0 spiro atoms. The van der Waals surface area contributed by atoms with Crippen molar-refractivity contribution in [3.8, 4) is 11.5 Å². The summed E-state index contributed by atoms with van der Waals surface area (Å²) in [5.74, 6) is 1.71. The summed E-state index contributed by atoms with van der Waals surface area (Å²) in [5.41, 5.74) is 0. The molecule has 0 aliphatic carbocycles. The summed E-state index contributed by atoms with van der Waals surface area (Å²) >= 11 is 0. The Morgan fingerprint density at radius 1 is 1.15 bits per heavy atom. The van der Waals surface area contributed by atoms with Crippen LogP contribution in [0, 0.1) is 0 Å². The maximum atomic E-state index is 5.70. The lowest BCUT2D eigenvalue weighted by Gasteiger charge is -2.09. The highest BCUT2D eigenvalue weighted by atomic mass is 35.5. The third kappa shape index (κ3) is 5.53. The lowest BCUT2D eigenvalue weighted by Crippen LogP contribution is -2.06. The molecule has 1 aromatic carbocycles. The summed E-state index contributed by atoms with van der Waals surface area (Å²) < 4.78 is 13.3. The van der Waals surface area contributed by atoms with Gasteiger partial charge in [-0.3, -0.25) is 0 Å². The molecule has 2 rings (SSSR count). The minimum Gasteiger partial charge on any atom is -0.493 e. The molecule has 0 saturated heterocycles. The first-order chi connectivity index (χ1) is 9.38. The Morgan fingerprint density at radius 2 is 1.90 bits per heavy atom. The van der Waals surface area contributed by atoms with Gasteiger partial charge in [-0.05, 0) is 18.6 Å². The molecule has 0 amide bonds. The zero-order valence-corrected chi connectivity index (χ0v) is 12.5. The molecule has 0 N–H and O–H groups in total. The van der Waals surface area contributed by atoms with Crippen molar-refractivity contribution in [3.05, 3.63) is 43.0 Å². The monoisotopic (exact) mass is 296 g/mol. The number of halogens is 1. The topological polar surface area (TPSA) is 36.3 Å². The van der Waals surface area contributed by atoms with Crippen LogP contribution in [-0.2, 0) is 6.54 Å². The molecular formula is C15H21ClN2O2. The summed E-state index contributed by atoms with van der Waals surface area (Å²) in [6.07, 6.45) is 7.69. The molecule has 0 unspecified atom stereocenters. The Labute approximate surface area is 126 Å². The predicted octanol–water partition coefficient (Wildman–Crippen LogP) is 3.56. The van der Waals surface area contributed by atoms with Crippen molar-refractivity contribution in [2.24, 2.45) is 0 Å². The lowest BCUT2D eigenvalue weighted by atomic mass is 10.3. The summed E-state index contributed by atoms with van der Waals surface area (Å²) in [4.78, 5) is 3.99. The van der Waals surface area contributed by atoms with Crippen molar-refractivity contribution in [1.82, 2.24) is 9.55 Å². The third-order valence-electron chi connectivity index (χ3n) is 2.75. The molecule has 4 nitrogen and oxygen atoms in total. The van der Waals surface area contributed by atoms with E-state index >= 15 is 0 Å². The number of imidazole rings is 1. The van der Waals surface area contributed by atoms with Gasteiger partial charge in [0.2, 0.25) is 0 Å². The van der Waals surface area contributed by atoms with E-state index in [1.54, 1.807) is 12.5 Å². The molecule has 0 atom stereocenters. The highest BCUT2D eigenvalue weighted by molar-refractivity contribution is 5.85. The highest BCUT2D eigenvalue weighted by Crippen LogP contribution is 2.19. The van der Waals surface area contributed by atoms with Crippen LogP contribution in [-0.4, -0.2) is 22.8 Å². The zero-order valence-electron chi connectivity index (χ0n) is 11.7. The smallest absolute Gasteiger partial charge is 0.123 e. The van der Waals surface area contributed by atoms with E-state index in [1.165, 1.54) is 0 Å². The van der Waals surface area contributed by atoms with Crippen molar-refractivity contribution in [2.45, 2.75) is 26.3 Å². The van der Waals surface area contributed by atoms with Gasteiger partial charge in [-0.15, -0.1) is 12.4 Å². The maximum absolute atomic E-state index is 5.70. The first-order valence-corrected chi connectivity index (χ1v) is 6.70.